The Morgan fingerprint density at radius 2 is 1.74 bits per heavy atom. The van der Waals surface area contributed by atoms with Gasteiger partial charge in [-0.25, -0.2) is 0 Å². The quantitative estimate of drug-likeness (QED) is 0.795. The van der Waals surface area contributed by atoms with Crippen LogP contribution in [0.5, 0.6) is 0 Å². The minimum Gasteiger partial charge on any atom is -0.329 e. The molecular formula is C17H34N2. The van der Waals surface area contributed by atoms with Crippen molar-refractivity contribution in [2.45, 2.75) is 71.3 Å². The van der Waals surface area contributed by atoms with Gasteiger partial charge in [0.2, 0.25) is 0 Å². The summed E-state index contributed by atoms with van der Waals surface area (Å²) in [6.07, 6.45) is 9.53. The molecule has 0 saturated heterocycles. The lowest BCUT2D eigenvalue weighted by Crippen LogP contribution is -2.55. The van der Waals surface area contributed by atoms with Gasteiger partial charge in [0.05, 0.1) is 0 Å². The van der Waals surface area contributed by atoms with Crippen molar-refractivity contribution in [1.29, 1.82) is 0 Å². The summed E-state index contributed by atoms with van der Waals surface area (Å²) in [4.78, 5) is 2.61. The van der Waals surface area contributed by atoms with E-state index in [4.69, 9.17) is 5.73 Å². The molecule has 0 atom stereocenters. The number of rotatable bonds is 6. The Bertz CT molecular complexity index is 286. The molecule has 0 spiro atoms. The molecule has 0 aliphatic heterocycles. The predicted octanol–water partition coefficient (Wildman–Crippen LogP) is 3.65. The van der Waals surface area contributed by atoms with Gasteiger partial charge in [-0.3, -0.25) is 4.90 Å². The molecule has 112 valence electrons. The number of nitrogens with two attached hydrogens (primary N) is 1. The smallest absolute Gasteiger partial charge is 0.0329 e. The van der Waals surface area contributed by atoms with E-state index in [0.29, 0.717) is 11.0 Å². The number of nitrogens with zero attached hydrogens (tertiary/aromatic N) is 1. The Hall–Kier alpha value is -0.0800. The molecule has 0 amide bonds. The van der Waals surface area contributed by atoms with Gasteiger partial charge >= 0.3 is 0 Å². The molecule has 0 aromatic carbocycles. The first kappa shape index (κ1) is 15.3. The van der Waals surface area contributed by atoms with E-state index in [-0.39, 0.29) is 0 Å². The average molecular weight is 266 g/mol. The highest BCUT2D eigenvalue weighted by molar-refractivity contribution is 4.98. The molecule has 2 heteroatoms. The van der Waals surface area contributed by atoms with Crippen molar-refractivity contribution in [3.05, 3.63) is 0 Å². The zero-order chi connectivity index (χ0) is 14.1. The average Bonchev–Trinajstić information content (AvgIpc) is 3.22. The summed E-state index contributed by atoms with van der Waals surface area (Å²) < 4.78 is 0. The molecule has 2 aliphatic rings. The van der Waals surface area contributed by atoms with E-state index >= 15 is 0 Å². The third kappa shape index (κ3) is 3.33. The summed E-state index contributed by atoms with van der Waals surface area (Å²) in [5.41, 5.74) is 7.00. The van der Waals surface area contributed by atoms with E-state index in [1.165, 1.54) is 51.5 Å². The van der Waals surface area contributed by atoms with Crippen molar-refractivity contribution in [2.24, 2.45) is 23.0 Å². The van der Waals surface area contributed by atoms with Crippen LogP contribution >= 0.6 is 0 Å². The third-order valence-corrected chi connectivity index (χ3v) is 6.35. The normalized spacial score (nSPS) is 32.8. The molecule has 2 saturated carbocycles. The fraction of sp³-hybridized carbons (Fsp3) is 1.00. The predicted molar refractivity (Wildman–Crippen MR) is 83.2 cm³/mol. The van der Waals surface area contributed by atoms with Gasteiger partial charge < -0.3 is 5.73 Å². The maximum absolute atomic E-state index is 6.18. The van der Waals surface area contributed by atoms with Crippen LogP contribution in [0.4, 0.5) is 0 Å². The first-order valence-electron chi connectivity index (χ1n) is 8.35. The molecule has 19 heavy (non-hydrogen) atoms. The van der Waals surface area contributed by atoms with Gasteiger partial charge in [-0.2, -0.15) is 0 Å². The third-order valence-electron chi connectivity index (χ3n) is 6.35. The van der Waals surface area contributed by atoms with Crippen LogP contribution in [0.2, 0.25) is 0 Å². The van der Waals surface area contributed by atoms with E-state index in [1.54, 1.807) is 0 Å². The molecule has 2 aliphatic carbocycles. The molecule has 0 bridgehead atoms. The second kappa shape index (κ2) is 5.73. The van der Waals surface area contributed by atoms with Crippen molar-refractivity contribution in [1.82, 2.24) is 4.90 Å². The molecule has 0 heterocycles. The summed E-state index contributed by atoms with van der Waals surface area (Å²) in [6, 6.07) is 0. The molecule has 2 rings (SSSR count). The molecule has 2 N–H and O–H groups in total. The molecule has 0 aromatic heterocycles. The van der Waals surface area contributed by atoms with Crippen LogP contribution in [0, 0.1) is 17.3 Å². The highest BCUT2D eigenvalue weighted by atomic mass is 15.2. The Kier molecular flexibility index (Phi) is 4.62. The monoisotopic (exact) mass is 266 g/mol. The van der Waals surface area contributed by atoms with Crippen LogP contribution in [0.3, 0.4) is 0 Å². The standard InChI is InChI=1S/C17H34N2/c1-5-16(2,3)15-8-10-17(13-18,11-9-15)19(4)12-14-6-7-14/h14-15H,5-13,18H2,1-4H3. The zero-order valence-corrected chi connectivity index (χ0v) is 13.5. The number of hydrogen-bond donors (Lipinski definition) is 1. The second-order valence-electron chi connectivity index (χ2n) is 7.87. The highest BCUT2D eigenvalue weighted by Crippen LogP contribution is 2.45. The van der Waals surface area contributed by atoms with Gasteiger partial charge in [0.15, 0.2) is 0 Å². The Balaban J connectivity index is 1.94. The molecule has 2 fully saturated rings. The Morgan fingerprint density at radius 3 is 2.16 bits per heavy atom. The summed E-state index contributed by atoms with van der Waals surface area (Å²) in [6.45, 7) is 9.35. The van der Waals surface area contributed by atoms with Crippen molar-refractivity contribution < 1.29 is 0 Å². The van der Waals surface area contributed by atoms with Crippen LogP contribution in [0.25, 0.3) is 0 Å². The zero-order valence-electron chi connectivity index (χ0n) is 13.5. The van der Waals surface area contributed by atoms with Crippen molar-refractivity contribution in [3.63, 3.8) is 0 Å². The van der Waals surface area contributed by atoms with Crippen molar-refractivity contribution in [2.75, 3.05) is 20.1 Å². The highest BCUT2D eigenvalue weighted by Gasteiger charge is 2.42. The van der Waals surface area contributed by atoms with E-state index in [9.17, 15) is 0 Å². The molecule has 0 radical (unpaired) electrons. The van der Waals surface area contributed by atoms with Gasteiger partial charge in [0.1, 0.15) is 0 Å². The van der Waals surface area contributed by atoms with Crippen LogP contribution in [-0.2, 0) is 0 Å². The lowest BCUT2D eigenvalue weighted by Gasteiger charge is -2.49. The van der Waals surface area contributed by atoms with Crippen molar-refractivity contribution >= 4 is 0 Å². The van der Waals surface area contributed by atoms with E-state index in [0.717, 1.165) is 18.4 Å². The van der Waals surface area contributed by atoms with E-state index < -0.39 is 0 Å². The van der Waals surface area contributed by atoms with E-state index in [1.807, 2.05) is 0 Å². The maximum Gasteiger partial charge on any atom is 0.0329 e. The number of likely N-dealkylation sites (N-methyl/N-ethyl adjacent to an activating group) is 1. The summed E-state index contributed by atoms with van der Waals surface area (Å²) >= 11 is 0. The van der Waals surface area contributed by atoms with E-state index in [2.05, 4.69) is 32.7 Å². The summed E-state index contributed by atoms with van der Waals surface area (Å²) in [7, 11) is 2.32. The molecule has 0 aromatic rings. The largest absolute Gasteiger partial charge is 0.329 e. The van der Waals surface area contributed by atoms with Gasteiger partial charge in [0, 0.05) is 18.6 Å². The minimum atomic E-state index is 0.308. The topological polar surface area (TPSA) is 29.3 Å². The first-order chi connectivity index (χ1) is 8.93. The lowest BCUT2D eigenvalue weighted by atomic mass is 9.65. The Morgan fingerprint density at radius 1 is 1.16 bits per heavy atom. The summed E-state index contributed by atoms with van der Waals surface area (Å²) in [5, 5.41) is 0. The van der Waals surface area contributed by atoms with Crippen LogP contribution in [0.15, 0.2) is 0 Å². The first-order valence-corrected chi connectivity index (χ1v) is 8.35. The fourth-order valence-electron chi connectivity index (χ4n) is 3.85. The molecule has 0 unspecified atom stereocenters. The minimum absolute atomic E-state index is 0.308. The maximum atomic E-state index is 6.18. The van der Waals surface area contributed by atoms with Gasteiger partial charge in [-0.05, 0) is 62.8 Å². The van der Waals surface area contributed by atoms with Gasteiger partial charge in [-0.1, -0.05) is 27.2 Å². The van der Waals surface area contributed by atoms with Crippen molar-refractivity contribution in [3.8, 4) is 0 Å². The Labute approximate surface area is 120 Å². The fourth-order valence-corrected chi connectivity index (χ4v) is 3.85. The van der Waals surface area contributed by atoms with Gasteiger partial charge in [0.25, 0.3) is 0 Å². The number of hydrogen-bond acceptors (Lipinski definition) is 2. The van der Waals surface area contributed by atoms with Crippen LogP contribution in [-0.4, -0.2) is 30.6 Å². The molecular weight excluding hydrogens is 232 g/mol. The second-order valence-corrected chi connectivity index (χ2v) is 7.87. The lowest BCUT2D eigenvalue weighted by molar-refractivity contribution is 0.0298. The molecule has 2 nitrogen and oxygen atoms in total. The summed E-state index contributed by atoms with van der Waals surface area (Å²) in [5.74, 6) is 1.87. The van der Waals surface area contributed by atoms with Crippen LogP contribution < -0.4 is 5.73 Å². The van der Waals surface area contributed by atoms with Gasteiger partial charge in [-0.15, -0.1) is 0 Å². The van der Waals surface area contributed by atoms with Crippen LogP contribution in [0.1, 0.15) is 65.7 Å². The SMILES string of the molecule is CCC(C)(C)C1CCC(CN)(N(C)CC2CC2)CC1.